The highest BCUT2D eigenvalue weighted by molar-refractivity contribution is 6.30. The number of nitrogens with zero attached hydrogens (tertiary/aromatic N) is 3. The molecule has 0 aliphatic heterocycles. The van der Waals surface area contributed by atoms with Gasteiger partial charge in [0, 0.05) is 42.5 Å². The molecule has 160 valence electrons. The van der Waals surface area contributed by atoms with Crippen LogP contribution < -0.4 is 15.4 Å². The maximum atomic E-state index is 13.0. The van der Waals surface area contributed by atoms with Gasteiger partial charge in [0.05, 0.1) is 6.54 Å². The molecule has 0 fully saturated rings. The van der Waals surface area contributed by atoms with E-state index in [0.29, 0.717) is 17.1 Å². The molecule has 0 spiro atoms. The lowest BCUT2D eigenvalue weighted by Gasteiger charge is -2.15. The van der Waals surface area contributed by atoms with E-state index in [9.17, 15) is 22.0 Å². The zero-order valence-corrected chi connectivity index (χ0v) is 16.3. The lowest BCUT2D eigenvalue weighted by atomic mass is 10.2. The van der Waals surface area contributed by atoms with Gasteiger partial charge in [0.25, 0.3) is 0 Å². The van der Waals surface area contributed by atoms with E-state index < -0.39 is 18.5 Å². The van der Waals surface area contributed by atoms with E-state index in [4.69, 9.17) is 11.6 Å². The molecular formula is C17H19ClF5N5O. The molecule has 0 saturated heterocycles. The molecule has 0 atom stereocenters. The maximum Gasteiger partial charge on any atom is 0.435 e. The van der Waals surface area contributed by atoms with Gasteiger partial charge in [-0.15, -0.1) is 0 Å². The number of aliphatic imine (C=N–C) groups is 1. The summed E-state index contributed by atoms with van der Waals surface area (Å²) in [6, 6.07) is 4.16. The smallest absolute Gasteiger partial charge is 0.434 e. The monoisotopic (exact) mass is 439 g/mol. The molecule has 1 aromatic heterocycles. The van der Waals surface area contributed by atoms with Crippen LogP contribution in [0.1, 0.15) is 23.7 Å². The van der Waals surface area contributed by atoms with E-state index in [1.54, 1.807) is 6.92 Å². The number of benzene rings is 1. The fourth-order valence-electron chi connectivity index (χ4n) is 2.47. The van der Waals surface area contributed by atoms with Crippen LogP contribution in [-0.2, 0) is 26.3 Å². The van der Waals surface area contributed by atoms with Crippen molar-refractivity contribution >= 4 is 17.6 Å². The van der Waals surface area contributed by atoms with E-state index in [0.717, 1.165) is 4.68 Å². The quantitative estimate of drug-likeness (QED) is 0.389. The summed E-state index contributed by atoms with van der Waals surface area (Å²) in [6.07, 6.45) is -3.36. The lowest BCUT2D eigenvalue weighted by Crippen LogP contribution is -2.37. The van der Waals surface area contributed by atoms with Gasteiger partial charge in [0.2, 0.25) is 0 Å². The molecule has 0 aliphatic rings. The summed E-state index contributed by atoms with van der Waals surface area (Å²) in [5, 5.41) is 9.47. The molecule has 12 heteroatoms. The first-order chi connectivity index (χ1) is 13.6. The average Bonchev–Trinajstić information content (AvgIpc) is 3.00. The predicted octanol–water partition coefficient (Wildman–Crippen LogP) is 3.95. The number of nitrogens with one attached hydrogen (secondary N) is 2. The van der Waals surface area contributed by atoms with Crippen molar-refractivity contribution in [3.63, 3.8) is 0 Å². The Balaban J connectivity index is 2.17. The predicted molar refractivity (Wildman–Crippen MR) is 97.9 cm³/mol. The first-order valence-corrected chi connectivity index (χ1v) is 8.83. The number of aromatic nitrogens is 2. The second kappa shape index (κ2) is 9.77. The number of aryl methyl sites for hydroxylation is 1. The Morgan fingerprint density at radius 3 is 2.62 bits per heavy atom. The minimum Gasteiger partial charge on any atom is -0.434 e. The van der Waals surface area contributed by atoms with Gasteiger partial charge in [-0.1, -0.05) is 11.6 Å². The van der Waals surface area contributed by atoms with Gasteiger partial charge >= 0.3 is 12.8 Å². The summed E-state index contributed by atoms with van der Waals surface area (Å²) in [5.74, 6) is 0.117. The molecule has 0 unspecified atom stereocenters. The Morgan fingerprint density at radius 1 is 1.28 bits per heavy atom. The third-order valence-electron chi connectivity index (χ3n) is 3.61. The highest BCUT2D eigenvalue weighted by Crippen LogP contribution is 2.31. The Kier molecular flexibility index (Phi) is 7.66. The Bertz CT molecular complexity index is 853. The van der Waals surface area contributed by atoms with Crippen LogP contribution in [0.5, 0.6) is 5.75 Å². The van der Waals surface area contributed by atoms with E-state index >= 15 is 0 Å². The van der Waals surface area contributed by atoms with Gasteiger partial charge in [0.15, 0.2) is 11.7 Å². The summed E-state index contributed by atoms with van der Waals surface area (Å²) >= 11 is 5.90. The van der Waals surface area contributed by atoms with E-state index in [-0.39, 0.29) is 30.4 Å². The van der Waals surface area contributed by atoms with Gasteiger partial charge in [-0.05, 0) is 25.1 Å². The highest BCUT2D eigenvalue weighted by atomic mass is 35.5. The van der Waals surface area contributed by atoms with Crippen molar-refractivity contribution in [3.05, 3.63) is 46.2 Å². The molecule has 2 aromatic rings. The van der Waals surface area contributed by atoms with Gasteiger partial charge in [0.1, 0.15) is 5.75 Å². The Labute approximate surface area is 168 Å². The maximum absolute atomic E-state index is 13.0. The van der Waals surface area contributed by atoms with Crippen LogP contribution >= 0.6 is 11.6 Å². The van der Waals surface area contributed by atoms with Crippen molar-refractivity contribution in [1.82, 2.24) is 20.4 Å². The van der Waals surface area contributed by atoms with Crippen LogP contribution in [0, 0.1) is 0 Å². The molecule has 0 bridgehead atoms. The average molecular weight is 440 g/mol. The minimum atomic E-state index is -4.60. The fourth-order valence-corrected chi connectivity index (χ4v) is 2.67. The number of hydrogen-bond donors (Lipinski definition) is 2. The van der Waals surface area contributed by atoms with Crippen LogP contribution in [0.2, 0.25) is 5.02 Å². The van der Waals surface area contributed by atoms with Gasteiger partial charge in [-0.2, -0.15) is 27.1 Å². The Hall–Kier alpha value is -2.56. The molecule has 29 heavy (non-hydrogen) atoms. The minimum absolute atomic E-state index is 0.00755. The van der Waals surface area contributed by atoms with Crippen molar-refractivity contribution in [3.8, 4) is 5.75 Å². The second-order valence-corrected chi connectivity index (χ2v) is 6.29. The normalized spacial score (nSPS) is 12.4. The topological polar surface area (TPSA) is 63.5 Å². The van der Waals surface area contributed by atoms with Crippen molar-refractivity contribution in [1.29, 1.82) is 0 Å². The molecule has 0 aliphatic carbocycles. The lowest BCUT2D eigenvalue weighted by molar-refractivity contribution is -0.142. The first-order valence-electron chi connectivity index (χ1n) is 8.45. The van der Waals surface area contributed by atoms with Crippen LogP contribution in [0.15, 0.2) is 29.4 Å². The summed E-state index contributed by atoms with van der Waals surface area (Å²) in [6.45, 7) is -1.08. The number of hydrogen-bond acceptors (Lipinski definition) is 3. The fraction of sp³-hybridized carbons (Fsp3) is 0.412. The molecule has 2 rings (SSSR count). The highest BCUT2D eigenvalue weighted by Gasteiger charge is 2.36. The summed E-state index contributed by atoms with van der Waals surface area (Å²) in [4.78, 5) is 4.12. The summed E-state index contributed by atoms with van der Waals surface area (Å²) in [7, 11) is 1.38. The van der Waals surface area contributed by atoms with Crippen molar-refractivity contribution in [2.75, 3.05) is 6.54 Å². The van der Waals surface area contributed by atoms with Crippen molar-refractivity contribution in [2.24, 2.45) is 12.0 Å². The van der Waals surface area contributed by atoms with E-state index in [1.165, 1.54) is 31.4 Å². The van der Waals surface area contributed by atoms with Crippen molar-refractivity contribution in [2.45, 2.75) is 32.8 Å². The van der Waals surface area contributed by atoms with Gasteiger partial charge in [-0.3, -0.25) is 4.68 Å². The van der Waals surface area contributed by atoms with Crippen molar-refractivity contribution < 1.29 is 26.7 Å². The molecule has 2 N–H and O–H groups in total. The SMILES string of the molecule is CCNC(=NCc1cn(C)nc1C(F)(F)F)NCc1cc(Cl)ccc1OC(F)F. The van der Waals surface area contributed by atoms with Gasteiger partial charge < -0.3 is 15.4 Å². The zero-order valence-electron chi connectivity index (χ0n) is 15.5. The van der Waals surface area contributed by atoms with E-state index in [2.05, 4.69) is 25.5 Å². The molecule has 1 aromatic carbocycles. The standard InChI is InChI=1S/C17H19ClF5N5O/c1-3-24-16(26-8-11-9-28(2)27-14(11)17(21,22)23)25-7-10-6-12(18)4-5-13(10)29-15(19)20/h4-6,9,15H,3,7-8H2,1-2H3,(H2,24,25,26). The zero-order chi connectivity index (χ0) is 21.6. The largest absolute Gasteiger partial charge is 0.435 e. The third kappa shape index (κ3) is 6.77. The van der Waals surface area contributed by atoms with Crippen LogP contribution in [0.25, 0.3) is 0 Å². The number of halogens is 6. The molecule has 6 nitrogen and oxygen atoms in total. The summed E-state index contributed by atoms with van der Waals surface area (Å²) < 4.78 is 69.8. The number of ether oxygens (including phenoxy) is 1. The molecule has 0 amide bonds. The molecule has 0 radical (unpaired) electrons. The van der Waals surface area contributed by atoms with Crippen LogP contribution in [-0.4, -0.2) is 28.9 Å². The Morgan fingerprint density at radius 2 is 2.00 bits per heavy atom. The second-order valence-electron chi connectivity index (χ2n) is 5.85. The van der Waals surface area contributed by atoms with Crippen LogP contribution in [0.3, 0.4) is 0 Å². The first kappa shape index (κ1) is 22.7. The number of guanidine groups is 1. The number of alkyl halides is 5. The molecule has 0 saturated carbocycles. The molecule has 1 heterocycles. The third-order valence-corrected chi connectivity index (χ3v) is 3.84. The molecular weight excluding hydrogens is 421 g/mol. The number of rotatable bonds is 7. The van der Waals surface area contributed by atoms with Crippen LogP contribution in [0.4, 0.5) is 22.0 Å². The van der Waals surface area contributed by atoms with Gasteiger partial charge in [-0.25, -0.2) is 4.99 Å². The summed E-state index contributed by atoms with van der Waals surface area (Å²) in [5.41, 5.74) is -0.774. The van der Waals surface area contributed by atoms with E-state index in [1.807, 2.05) is 0 Å².